The van der Waals surface area contributed by atoms with Crippen molar-refractivity contribution in [2.45, 2.75) is 40.5 Å². The van der Waals surface area contributed by atoms with Gasteiger partial charge in [-0.05, 0) is 18.4 Å². The lowest BCUT2D eigenvalue weighted by molar-refractivity contribution is 0.236. The lowest BCUT2D eigenvalue weighted by atomic mass is 9.80. The van der Waals surface area contributed by atoms with Gasteiger partial charge in [-0.15, -0.1) is 0 Å². The summed E-state index contributed by atoms with van der Waals surface area (Å²) in [5, 5.41) is 7.03. The summed E-state index contributed by atoms with van der Waals surface area (Å²) in [7, 11) is 1.92. The average Bonchev–Trinajstić information content (AvgIpc) is 2.61. The number of nitrogens with one attached hydrogen (secondary N) is 1. The molecule has 0 aliphatic carbocycles. The van der Waals surface area contributed by atoms with Crippen molar-refractivity contribution in [3.8, 4) is 0 Å². The summed E-state index contributed by atoms with van der Waals surface area (Å²) in [5.74, 6) is 2.09. The molecule has 0 aromatic carbocycles. The molecular formula is C12H23N3O. The Balaban J connectivity index is 2.52. The molecule has 0 amide bonds. The molecule has 0 saturated carbocycles. The van der Waals surface area contributed by atoms with Crippen molar-refractivity contribution in [2.24, 2.45) is 11.3 Å². The third-order valence-electron chi connectivity index (χ3n) is 3.07. The van der Waals surface area contributed by atoms with Crippen LogP contribution in [0, 0.1) is 11.3 Å². The molecule has 1 heterocycles. The maximum atomic E-state index is 5.24. The Morgan fingerprint density at radius 1 is 1.38 bits per heavy atom. The standard InChI is InChI=1S/C12H23N3O/c1-9(12(2,3)4)8-11-14-10(15-16-11)6-7-13-5/h9,13H,6-8H2,1-5H3. The van der Waals surface area contributed by atoms with Crippen molar-refractivity contribution in [3.63, 3.8) is 0 Å². The highest BCUT2D eigenvalue weighted by atomic mass is 16.5. The molecule has 1 rings (SSSR count). The van der Waals surface area contributed by atoms with Gasteiger partial charge in [0, 0.05) is 19.4 Å². The molecule has 1 aromatic rings. The highest BCUT2D eigenvalue weighted by Gasteiger charge is 2.22. The number of aromatic nitrogens is 2. The van der Waals surface area contributed by atoms with Gasteiger partial charge in [0.2, 0.25) is 5.89 Å². The van der Waals surface area contributed by atoms with E-state index in [1.807, 2.05) is 7.05 Å². The Bertz CT molecular complexity index is 314. The van der Waals surface area contributed by atoms with Gasteiger partial charge in [-0.25, -0.2) is 0 Å². The Labute approximate surface area is 97.8 Å². The van der Waals surface area contributed by atoms with Gasteiger partial charge in [0.15, 0.2) is 5.82 Å². The van der Waals surface area contributed by atoms with Crippen molar-refractivity contribution >= 4 is 0 Å². The minimum atomic E-state index is 0.277. The Hall–Kier alpha value is -0.900. The van der Waals surface area contributed by atoms with Gasteiger partial charge in [0.25, 0.3) is 0 Å². The summed E-state index contributed by atoms with van der Waals surface area (Å²) >= 11 is 0. The largest absolute Gasteiger partial charge is 0.339 e. The first-order valence-corrected chi connectivity index (χ1v) is 5.89. The van der Waals surface area contributed by atoms with E-state index in [0.29, 0.717) is 5.92 Å². The molecule has 1 N–H and O–H groups in total. The summed E-state index contributed by atoms with van der Waals surface area (Å²) in [6.07, 6.45) is 1.68. The normalized spacial score (nSPS) is 14.1. The van der Waals surface area contributed by atoms with Gasteiger partial charge in [-0.1, -0.05) is 32.9 Å². The number of rotatable bonds is 5. The van der Waals surface area contributed by atoms with Crippen molar-refractivity contribution < 1.29 is 4.52 Å². The molecule has 0 bridgehead atoms. The van der Waals surface area contributed by atoms with E-state index in [4.69, 9.17) is 4.52 Å². The van der Waals surface area contributed by atoms with E-state index in [9.17, 15) is 0 Å². The van der Waals surface area contributed by atoms with Crippen LogP contribution in [-0.4, -0.2) is 23.7 Å². The summed E-state index contributed by atoms with van der Waals surface area (Å²) < 4.78 is 5.24. The van der Waals surface area contributed by atoms with E-state index < -0.39 is 0 Å². The van der Waals surface area contributed by atoms with E-state index in [0.717, 1.165) is 31.1 Å². The fourth-order valence-corrected chi connectivity index (χ4v) is 1.28. The van der Waals surface area contributed by atoms with Gasteiger partial charge in [-0.2, -0.15) is 4.98 Å². The maximum absolute atomic E-state index is 5.24. The molecule has 0 fully saturated rings. The Kier molecular flexibility index (Phi) is 4.47. The molecule has 1 aromatic heterocycles. The number of hydrogen-bond acceptors (Lipinski definition) is 4. The molecule has 4 nitrogen and oxygen atoms in total. The molecule has 16 heavy (non-hydrogen) atoms. The van der Waals surface area contributed by atoms with Crippen molar-refractivity contribution in [1.82, 2.24) is 15.5 Å². The van der Waals surface area contributed by atoms with Crippen molar-refractivity contribution in [2.75, 3.05) is 13.6 Å². The van der Waals surface area contributed by atoms with Gasteiger partial charge in [0.05, 0.1) is 0 Å². The first kappa shape index (κ1) is 13.2. The summed E-state index contributed by atoms with van der Waals surface area (Å²) in [5.41, 5.74) is 0.277. The summed E-state index contributed by atoms with van der Waals surface area (Å²) in [6, 6.07) is 0. The molecule has 0 saturated heterocycles. The van der Waals surface area contributed by atoms with Gasteiger partial charge in [-0.3, -0.25) is 0 Å². The smallest absolute Gasteiger partial charge is 0.226 e. The third kappa shape index (κ3) is 3.93. The molecule has 0 radical (unpaired) electrons. The fourth-order valence-electron chi connectivity index (χ4n) is 1.28. The van der Waals surface area contributed by atoms with Crippen LogP contribution in [0.2, 0.25) is 0 Å². The molecular weight excluding hydrogens is 202 g/mol. The predicted octanol–water partition coefficient (Wildman–Crippen LogP) is 2.06. The van der Waals surface area contributed by atoms with Crippen LogP contribution in [0.25, 0.3) is 0 Å². The highest BCUT2D eigenvalue weighted by Crippen LogP contribution is 2.27. The molecule has 4 heteroatoms. The second-order valence-corrected chi connectivity index (χ2v) is 5.43. The maximum Gasteiger partial charge on any atom is 0.226 e. The van der Waals surface area contributed by atoms with Crippen LogP contribution in [0.4, 0.5) is 0 Å². The average molecular weight is 225 g/mol. The highest BCUT2D eigenvalue weighted by molar-refractivity contribution is 4.89. The molecule has 1 unspecified atom stereocenters. The van der Waals surface area contributed by atoms with E-state index in [2.05, 4.69) is 43.2 Å². The van der Waals surface area contributed by atoms with Crippen LogP contribution < -0.4 is 5.32 Å². The zero-order valence-corrected chi connectivity index (χ0v) is 11.0. The molecule has 92 valence electrons. The van der Waals surface area contributed by atoms with E-state index >= 15 is 0 Å². The zero-order valence-electron chi connectivity index (χ0n) is 11.0. The minimum absolute atomic E-state index is 0.277. The second-order valence-electron chi connectivity index (χ2n) is 5.43. The lowest BCUT2D eigenvalue weighted by Gasteiger charge is -2.25. The number of nitrogens with zero attached hydrogens (tertiary/aromatic N) is 2. The second kappa shape index (κ2) is 5.43. The van der Waals surface area contributed by atoms with E-state index in [1.54, 1.807) is 0 Å². The molecule has 0 aliphatic rings. The van der Waals surface area contributed by atoms with Crippen LogP contribution in [0.1, 0.15) is 39.4 Å². The number of hydrogen-bond donors (Lipinski definition) is 1. The summed E-state index contributed by atoms with van der Waals surface area (Å²) in [6.45, 7) is 9.80. The van der Waals surface area contributed by atoms with Gasteiger partial charge < -0.3 is 9.84 Å². The van der Waals surface area contributed by atoms with Gasteiger partial charge >= 0.3 is 0 Å². The van der Waals surface area contributed by atoms with Crippen LogP contribution in [-0.2, 0) is 12.8 Å². The third-order valence-corrected chi connectivity index (χ3v) is 3.07. The molecule has 0 aliphatic heterocycles. The van der Waals surface area contributed by atoms with Crippen LogP contribution in [0.3, 0.4) is 0 Å². The quantitative estimate of drug-likeness (QED) is 0.833. The predicted molar refractivity (Wildman–Crippen MR) is 64.3 cm³/mol. The number of likely N-dealkylation sites (N-methyl/N-ethyl adjacent to an activating group) is 1. The van der Waals surface area contributed by atoms with Gasteiger partial charge in [0.1, 0.15) is 0 Å². The monoisotopic (exact) mass is 225 g/mol. The SMILES string of the molecule is CNCCc1noc(CC(C)C(C)(C)C)n1. The van der Waals surface area contributed by atoms with E-state index in [1.165, 1.54) is 0 Å². The molecule has 1 atom stereocenters. The fraction of sp³-hybridized carbons (Fsp3) is 0.833. The summed E-state index contributed by atoms with van der Waals surface area (Å²) in [4.78, 5) is 4.38. The van der Waals surface area contributed by atoms with E-state index in [-0.39, 0.29) is 5.41 Å². The zero-order chi connectivity index (χ0) is 12.2. The lowest BCUT2D eigenvalue weighted by Crippen LogP contribution is -2.19. The van der Waals surface area contributed by atoms with Crippen LogP contribution >= 0.6 is 0 Å². The van der Waals surface area contributed by atoms with Crippen LogP contribution in [0.5, 0.6) is 0 Å². The van der Waals surface area contributed by atoms with Crippen molar-refractivity contribution in [3.05, 3.63) is 11.7 Å². The topological polar surface area (TPSA) is 51.0 Å². The Morgan fingerprint density at radius 2 is 2.06 bits per heavy atom. The first-order valence-electron chi connectivity index (χ1n) is 5.89. The van der Waals surface area contributed by atoms with Crippen molar-refractivity contribution in [1.29, 1.82) is 0 Å². The molecule has 0 spiro atoms. The Morgan fingerprint density at radius 3 is 2.62 bits per heavy atom. The van der Waals surface area contributed by atoms with Crippen LogP contribution in [0.15, 0.2) is 4.52 Å². The first-order chi connectivity index (χ1) is 7.43. The minimum Gasteiger partial charge on any atom is -0.339 e.